The number of hydrogen-bond acceptors (Lipinski definition) is 10. The summed E-state index contributed by atoms with van der Waals surface area (Å²) < 4.78 is 12.2. The van der Waals surface area contributed by atoms with Gasteiger partial charge in [-0.05, 0) is 135 Å². The molecule has 4 aromatic carbocycles. The fourth-order valence-electron chi connectivity index (χ4n) is 5.85. The van der Waals surface area contributed by atoms with Crippen LogP contribution >= 0.6 is 23.5 Å². The first-order chi connectivity index (χ1) is 29.2. The van der Waals surface area contributed by atoms with Crippen molar-refractivity contribution in [1.29, 1.82) is 0 Å². The molecule has 2 aromatic heterocycles. The first kappa shape index (κ1) is 44.6. The predicted molar refractivity (Wildman–Crippen MR) is 244 cm³/mol. The largest absolute Gasteiger partial charge is 0.326 e. The second-order valence-corrected chi connectivity index (χ2v) is 15.0. The number of aromatic nitrogens is 2. The van der Waals surface area contributed by atoms with Crippen LogP contribution in [0, 0.1) is 0 Å². The van der Waals surface area contributed by atoms with E-state index in [1.54, 1.807) is 85.5 Å². The van der Waals surface area contributed by atoms with Gasteiger partial charge in [0, 0.05) is 60.4 Å². The molecule has 0 fully saturated rings. The van der Waals surface area contributed by atoms with E-state index in [0.29, 0.717) is 47.4 Å². The number of carbonyl (C=O) groups excluding carboxylic acids is 4. The number of nitrogens with one attached hydrogen (secondary N) is 2. The number of pyridine rings is 2. The van der Waals surface area contributed by atoms with E-state index in [1.165, 1.54) is 17.8 Å². The lowest BCUT2D eigenvalue weighted by atomic mass is 9.95. The summed E-state index contributed by atoms with van der Waals surface area (Å²) in [5, 5.41) is 5.39. The SMILES string of the molecule is CCSC(=O)C=Cc1cccc(-c2cc(C(=O)Nc3ccncc3)ccc2CN)c1.NCc1ccc(C(=O)Nc2ccncc2)cc1-c1cccc(C=CC(=O)SCF)c1. The summed E-state index contributed by atoms with van der Waals surface area (Å²) in [5.41, 5.74) is 21.3. The minimum absolute atomic E-state index is 0.0281. The predicted octanol–water partition coefficient (Wildman–Crippen LogP) is 9.41. The van der Waals surface area contributed by atoms with E-state index in [2.05, 4.69) is 20.6 Å². The highest BCUT2D eigenvalue weighted by molar-refractivity contribution is 8.14. The zero-order valence-corrected chi connectivity index (χ0v) is 34.3. The van der Waals surface area contributed by atoms with Crippen molar-refractivity contribution in [3.05, 3.63) is 180 Å². The lowest BCUT2D eigenvalue weighted by Crippen LogP contribution is -2.12. The number of rotatable bonds is 14. The highest BCUT2D eigenvalue weighted by atomic mass is 32.2. The van der Waals surface area contributed by atoms with Crippen molar-refractivity contribution in [3.8, 4) is 22.3 Å². The van der Waals surface area contributed by atoms with Crippen LogP contribution in [0.15, 0.2) is 146 Å². The summed E-state index contributed by atoms with van der Waals surface area (Å²) in [6.45, 7) is 2.61. The molecular weight excluding hydrogens is 796 g/mol. The Hall–Kier alpha value is -6.51. The van der Waals surface area contributed by atoms with E-state index in [4.69, 9.17) is 11.5 Å². The molecule has 0 unspecified atom stereocenters. The number of carbonyl (C=O) groups is 4. The van der Waals surface area contributed by atoms with Crippen LogP contribution in [-0.2, 0) is 22.7 Å². The normalized spacial score (nSPS) is 10.9. The number of benzene rings is 4. The molecule has 6 rings (SSSR count). The van der Waals surface area contributed by atoms with Crippen LogP contribution in [0.25, 0.3) is 34.4 Å². The number of alkyl halides is 1. The lowest BCUT2D eigenvalue weighted by Gasteiger charge is -2.12. The second-order valence-electron chi connectivity index (χ2n) is 12.8. The third-order valence-electron chi connectivity index (χ3n) is 8.76. The number of nitrogens with zero attached hydrogens (tertiary/aromatic N) is 2. The molecule has 60 heavy (non-hydrogen) atoms. The van der Waals surface area contributed by atoms with E-state index >= 15 is 0 Å². The molecule has 6 aromatic rings. The zero-order chi connectivity index (χ0) is 42.7. The Balaban J connectivity index is 0.000000228. The van der Waals surface area contributed by atoms with Gasteiger partial charge in [-0.1, -0.05) is 79.4 Å². The Kier molecular flexibility index (Phi) is 17.2. The molecule has 0 spiro atoms. The van der Waals surface area contributed by atoms with E-state index in [-0.39, 0.29) is 22.0 Å². The molecule has 2 heterocycles. The summed E-state index contributed by atoms with van der Waals surface area (Å²) in [6, 6.07) is 32.3. The number of halogens is 1. The topological polar surface area (TPSA) is 170 Å². The molecule has 6 N–H and O–H groups in total. The Morgan fingerprint density at radius 2 is 1.03 bits per heavy atom. The monoisotopic (exact) mass is 838 g/mol. The summed E-state index contributed by atoms with van der Waals surface area (Å²) >= 11 is 1.88. The molecule has 0 aliphatic heterocycles. The molecule has 10 nitrogen and oxygen atoms in total. The smallest absolute Gasteiger partial charge is 0.255 e. The maximum Gasteiger partial charge on any atom is 0.255 e. The molecule has 0 radical (unpaired) electrons. The number of anilines is 2. The summed E-state index contributed by atoms with van der Waals surface area (Å²) in [6.07, 6.45) is 12.8. The molecule has 0 aliphatic carbocycles. The lowest BCUT2D eigenvalue weighted by molar-refractivity contribution is -0.107. The Labute approximate surface area is 356 Å². The third-order valence-corrected chi connectivity index (χ3v) is 10.0. The fraction of sp³-hybridized carbons (Fsp3) is 0.106. The molecule has 0 saturated carbocycles. The quantitative estimate of drug-likeness (QED) is 0.0775. The number of thioether (sulfide) groups is 2. The van der Waals surface area contributed by atoms with Crippen LogP contribution in [0.3, 0.4) is 0 Å². The van der Waals surface area contributed by atoms with Crippen molar-refractivity contribution < 1.29 is 23.6 Å². The van der Waals surface area contributed by atoms with Crippen LogP contribution in [0.5, 0.6) is 0 Å². The van der Waals surface area contributed by atoms with Crippen LogP contribution in [0.1, 0.15) is 49.9 Å². The zero-order valence-electron chi connectivity index (χ0n) is 32.7. The van der Waals surface area contributed by atoms with Crippen molar-refractivity contribution in [2.24, 2.45) is 11.5 Å². The minimum atomic E-state index is -0.753. The van der Waals surface area contributed by atoms with Crippen molar-refractivity contribution in [1.82, 2.24) is 9.97 Å². The van der Waals surface area contributed by atoms with Gasteiger partial charge in [0.25, 0.3) is 11.8 Å². The average Bonchev–Trinajstić information content (AvgIpc) is 3.28. The Morgan fingerprint density at radius 1 is 0.600 bits per heavy atom. The van der Waals surface area contributed by atoms with E-state index in [1.807, 2.05) is 73.7 Å². The minimum Gasteiger partial charge on any atom is -0.326 e. The Bertz CT molecular complexity index is 2310. The molecule has 0 aliphatic rings. The van der Waals surface area contributed by atoms with Gasteiger partial charge in [0.15, 0.2) is 0 Å². The second kappa shape index (κ2) is 23.2. The molecule has 0 saturated heterocycles. The van der Waals surface area contributed by atoms with Gasteiger partial charge in [0.2, 0.25) is 10.2 Å². The van der Waals surface area contributed by atoms with Gasteiger partial charge in [0.05, 0.1) is 0 Å². The van der Waals surface area contributed by atoms with Crippen molar-refractivity contribution >= 4 is 69.1 Å². The van der Waals surface area contributed by atoms with Gasteiger partial charge in [-0.3, -0.25) is 29.1 Å². The van der Waals surface area contributed by atoms with Gasteiger partial charge in [-0.25, -0.2) is 4.39 Å². The van der Waals surface area contributed by atoms with Gasteiger partial charge < -0.3 is 22.1 Å². The van der Waals surface area contributed by atoms with Crippen LogP contribution in [0.4, 0.5) is 15.8 Å². The fourth-order valence-corrected chi connectivity index (χ4v) is 6.57. The maximum absolute atomic E-state index is 12.7. The standard InChI is InChI=1S/C24H23N3O2S.C23H20FN3O2S/c1-2-30-23(28)9-6-17-4-3-5-18(14-17)22-15-19(7-8-20(22)16-25)24(29)27-21-10-12-26-13-11-21;24-15-30-22(28)7-4-16-2-1-3-17(12-16)21-13-18(5-6-19(21)14-25)23(29)27-20-8-10-26-11-9-20/h3-15H,2,16,25H2,1H3,(H,26,27,29);1-13H,14-15,25H2,(H,26,27,29). The van der Waals surface area contributed by atoms with E-state index in [0.717, 1.165) is 50.3 Å². The summed E-state index contributed by atoms with van der Waals surface area (Å²) in [4.78, 5) is 56.5. The molecule has 0 atom stereocenters. The van der Waals surface area contributed by atoms with Gasteiger partial charge in [-0.2, -0.15) is 0 Å². The number of hydrogen-bond donors (Lipinski definition) is 4. The van der Waals surface area contributed by atoms with E-state index < -0.39 is 6.01 Å². The molecule has 2 amide bonds. The van der Waals surface area contributed by atoms with Crippen LogP contribution < -0.4 is 22.1 Å². The van der Waals surface area contributed by atoms with Crippen LogP contribution in [-0.4, -0.2) is 43.8 Å². The first-order valence-corrected chi connectivity index (χ1v) is 20.7. The number of amides is 2. The van der Waals surface area contributed by atoms with Crippen molar-refractivity contribution in [2.75, 3.05) is 22.4 Å². The molecule has 0 bridgehead atoms. The molecule has 13 heteroatoms. The summed E-state index contributed by atoms with van der Waals surface area (Å²) in [7, 11) is 0. The third kappa shape index (κ3) is 13.3. The average molecular weight is 839 g/mol. The highest BCUT2D eigenvalue weighted by Crippen LogP contribution is 2.29. The first-order valence-electron chi connectivity index (χ1n) is 18.8. The molecular formula is C47H43FN6O4S2. The molecule has 304 valence electrons. The van der Waals surface area contributed by atoms with Crippen LogP contribution in [0.2, 0.25) is 0 Å². The Morgan fingerprint density at radius 3 is 1.43 bits per heavy atom. The van der Waals surface area contributed by atoms with Crippen molar-refractivity contribution in [2.45, 2.75) is 20.0 Å². The number of nitrogens with two attached hydrogens (primary N) is 2. The van der Waals surface area contributed by atoms with Crippen molar-refractivity contribution in [3.63, 3.8) is 0 Å². The maximum atomic E-state index is 12.7. The highest BCUT2D eigenvalue weighted by Gasteiger charge is 2.13. The van der Waals surface area contributed by atoms with E-state index in [9.17, 15) is 23.6 Å². The van der Waals surface area contributed by atoms with Gasteiger partial charge in [-0.15, -0.1) is 0 Å². The van der Waals surface area contributed by atoms with Gasteiger partial charge in [0.1, 0.15) is 6.01 Å². The van der Waals surface area contributed by atoms with Gasteiger partial charge >= 0.3 is 0 Å². The summed E-state index contributed by atoms with van der Waals surface area (Å²) in [5.74, 6) is 0.303.